The summed E-state index contributed by atoms with van der Waals surface area (Å²) in [6, 6.07) is 6.10. The standard InChI is InChI=1S/C18H19BrClN3OS/c1-11-16(12-4-2-6-24-10-12)18(19)23-17(11)14(8-15(20)22-23)21-9-13-5-3-7-25-13/h3,5,7-8,12,21H,2,4,6,9-10H2,1H3. The van der Waals surface area contributed by atoms with Gasteiger partial charge in [-0.25, -0.2) is 4.52 Å². The number of thiophene rings is 1. The van der Waals surface area contributed by atoms with Gasteiger partial charge in [0, 0.05) is 30.0 Å². The molecule has 1 aliphatic rings. The van der Waals surface area contributed by atoms with Crippen LogP contribution in [0.3, 0.4) is 0 Å². The molecule has 4 nitrogen and oxygen atoms in total. The normalized spacial score (nSPS) is 18.0. The fourth-order valence-corrected chi connectivity index (χ4v) is 5.26. The summed E-state index contributed by atoms with van der Waals surface area (Å²) < 4.78 is 8.60. The molecule has 1 saturated heterocycles. The number of aromatic nitrogens is 2. The summed E-state index contributed by atoms with van der Waals surface area (Å²) in [6.07, 6.45) is 2.24. The summed E-state index contributed by atoms with van der Waals surface area (Å²) in [5.41, 5.74) is 4.61. The number of halogens is 2. The van der Waals surface area contributed by atoms with Gasteiger partial charge in [0.05, 0.1) is 17.8 Å². The van der Waals surface area contributed by atoms with Crippen LogP contribution in [0.1, 0.15) is 34.8 Å². The van der Waals surface area contributed by atoms with Crippen molar-refractivity contribution < 1.29 is 4.74 Å². The van der Waals surface area contributed by atoms with E-state index in [0.717, 1.165) is 48.4 Å². The number of nitrogens with one attached hydrogen (secondary N) is 1. The van der Waals surface area contributed by atoms with E-state index in [4.69, 9.17) is 16.3 Å². The number of aryl methyl sites for hydroxylation is 1. The van der Waals surface area contributed by atoms with E-state index in [1.165, 1.54) is 16.0 Å². The molecule has 3 aromatic heterocycles. The summed E-state index contributed by atoms with van der Waals surface area (Å²) in [4.78, 5) is 1.29. The SMILES string of the molecule is Cc1c(C2CCCOC2)c(Br)n2nc(Cl)cc(NCc3cccs3)c12. The minimum Gasteiger partial charge on any atom is -0.381 e. The van der Waals surface area contributed by atoms with Crippen LogP contribution in [0.2, 0.25) is 5.15 Å². The predicted molar refractivity (Wildman–Crippen MR) is 107 cm³/mol. The zero-order chi connectivity index (χ0) is 17.4. The topological polar surface area (TPSA) is 38.6 Å². The van der Waals surface area contributed by atoms with Gasteiger partial charge < -0.3 is 10.1 Å². The third-order valence-electron chi connectivity index (χ3n) is 4.70. The molecule has 1 N–H and O–H groups in total. The molecule has 1 fully saturated rings. The maximum Gasteiger partial charge on any atom is 0.152 e. The summed E-state index contributed by atoms with van der Waals surface area (Å²) in [6.45, 7) is 4.56. The summed E-state index contributed by atoms with van der Waals surface area (Å²) in [7, 11) is 0. The van der Waals surface area contributed by atoms with Gasteiger partial charge in [-0.1, -0.05) is 17.7 Å². The monoisotopic (exact) mass is 439 g/mol. The first kappa shape index (κ1) is 17.3. The molecule has 0 amide bonds. The van der Waals surface area contributed by atoms with Gasteiger partial charge in [-0.3, -0.25) is 0 Å². The van der Waals surface area contributed by atoms with Crippen LogP contribution in [0.4, 0.5) is 5.69 Å². The molecule has 3 aromatic rings. The zero-order valence-electron chi connectivity index (χ0n) is 13.9. The van der Waals surface area contributed by atoms with Gasteiger partial charge in [-0.05, 0) is 58.3 Å². The first-order valence-electron chi connectivity index (χ1n) is 8.36. The Kier molecular flexibility index (Phi) is 5.04. The molecule has 0 aliphatic carbocycles. The fourth-order valence-electron chi connectivity index (χ4n) is 3.55. The largest absolute Gasteiger partial charge is 0.381 e. The maximum atomic E-state index is 6.29. The number of rotatable bonds is 4. The van der Waals surface area contributed by atoms with Crippen LogP contribution in [-0.2, 0) is 11.3 Å². The van der Waals surface area contributed by atoms with Crippen LogP contribution in [-0.4, -0.2) is 22.8 Å². The second-order valence-corrected chi connectivity index (χ2v) is 8.49. The maximum absolute atomic E-state index is 6.29. The highest BCUT2D eigenvalue weighted by molar-refractivity contribution is 9.10. The van der Waals surface area contributed by atoms with Crippen molar-refractivity contribution in [3.8, 4) is 0 Å². The quantitative estimate of drug-likeness (QED) is 0.571. The summed E-state index contributed by atoms with van der Waals surface area (Å²) in [5.74, 6) is 0.397. The van der Waals surface area contributed by atoms with Gasteiger partial charge in [0.15, 0.2) is 5.15 Å². The average Bonchev–Trinajstić information content (AvgIpc) is 3.21. The van der Waals surface area contributed by atoms with E-state index in [9.17, 15) is 0 Å². The van der Waals surface area contributed by atoms with E-state index in [2.05, 4.69) is 50.8 Å². The van der Waals surface area contributed by atoms with E-state index in [0.29, 0.717) is 11.1 Å². The van der Waals surface area contributed by atoms with Crippen molar-refractivity contribution in [3.05, 3.63) is 49.3 Å². The van der Waals surface area contributed by atoms with E-state index < -0.39 is 0 Å². The van der Waals surface area contributed by atoms with Crippen molar-refractivity contribution in [1.29, 1.82) is 0 Å². The number of fused-ring (bicyclic) bond motifs is 1. The number of hydrogen-bond acceptors (Lipinski definition) is 4. The minimum atomic E-state index is 0.397. The molecule has 1 unspecified atom stereocenters. The third-order valence-corrected chi connectivity index (χ3v) is 6.52. The van der Waals surface area contributed by atoms with Crippen LogP contribution < -0.4 is 5.32 Å². The lowest BCUT2D eigenvalue weighted by molar-refractivity contribution is 0.0801. The van der Waals surface area contributed by atoms with E-state index in [1.54, 1.807) is 11.3 Å². The highest BCUT2D eigenvalue weighted by Gasteiger charge is 2.26. The molecule has 4 rings (SSSR count). The Morgan fingerprint density at radius 3 is 3.12 bits per heavy atom. The van der Waals surface area contributed by atoms with Gasteiger partial charge in [0.25, 0.3) is 0 Å². The van der Waals surface area contributed by atoms with E-state index in [1.807, 2.05) is 10.6 Å². The number of hydrogen-bond donors (Lipinski definition) is 1. The highest BCUT2D eigenvalue weighted by Crippen LogP contribution is 2.39. The molecule has 7 heteroatoms. The molecule has 0 aromatic carbocycles. The van der Waals surface area contributed by atoms with Crippen LogP contribution in [0.15, 0.2) is 28.2 Å². The number of nitrogens with zero attached hydrogens (tertiary/aromatic N) is 2. The lowest BCUT2D eigenvalue weighted by atomic mass is 9.93. The van der Waals surface area contributed by atoms with Gasteiger partial charge in [-0.15, -0.1) is 11.3 Å². The summed E-state index contributed by atoms with van der Waals surface area (Å²) >= 11 is 11.8. The van der Waals surface area contributed by atoms with Crippen LogP contribution in [0.5, 0.6) is 0 Å². The molecule has 4 heterocycles. The Balaban J connectivity index is 1.77. The Morgan fingerprint density at radius 2 is 2.40 bits per heavy atom. The molecular formula is C18H19BrClN3OS. The Morgan fingerprint density at radius 1 is 1.52 bits per heavy atom. The first-order chi connectivity index (χ1) is 12.1. The van der Waals surface area contributed by atoms with Gasteiger partial charge in [-0.2, -0.15) is 5.10 Å². The van der Waals surface area contributed by atoms with Crippen molar-refractivity contribution in [3.63, 3.8) is 0 Å². The van der Waals surface area contributed by atoms with E-state index in [-0.39, 0.29) is 0 Å². The lowest BCUT2D eigenvalue weighted by Crippen LogP contribution is -2.16. The van der Waals surface area contributed by atoms with Gasteiger partial charge in [0.2, 0.25) is 0 Å². The van der Waals surface area contributed by atoms with Crippen molar-refractivity contribution in [2.75, 3.05) is 18.5 Å². The molecule has 0 saturated carbocycles. The Labute approximate surface area is 164 Å². The molecule has 0 bridgehead atoms. The van der Waals surface area contributed by atoms with Crippen molar-refractivity contribution in [1.82, 2.24) is 9.61 Å². The lowest BCUT2D eigenvalue weighted by Gasteiger charge is -2.22. The average molecular weight is 441 g/mol. The summed E-state index contributed by atoms with van der Waals surface area (Å²) in [5, 5.41) is 10.6. The molecule has 1 aliphatic heterocycles. The molecule has 132 valence electrons. The smallest absolute Gasteiger partial charge is 0.152 e. The van der Waals surface area contributed by atoms with Crippen molar-refractivity contribution >= 4 is 50.1 Å². The van der Waals surface area contributed by atoms with Crippen molar-refractivity contribution in [2.24, 2.45) is 0 Å². The molecule has 0 radical (unpaired) electrons. The fraction of sp³-hybridized carbons (Fsp3) is 0.389. The Hall–Kier alpha value is -1.08. The highest BCUT2D eigenvalue weighted by atomic mass is 79.9. The number of anilines is 1. The second kappa shape index (κ2) is 7.27. The van der Waals surface area contributed by atoms with Gasteiger partial charge in [0.1, 0.15) is 4.60 Å². The van der Waals surface area contributed by atoms with Crippen molar-refractivity contribution in [2.45, 2.75) is 32.2 Å². The zero-order valence-corrected chi connectivity index (χ0v) is 17.0. The predicted octanol–water partition coefficient (Wildman–Crippen LogP) is 5.63. The van der Waals surface area contributed by atoms with E-state index >= 15 is 0 Å². The minimum absolute atomic E-state index is 0.397. The number of ether oxygens (including phenoxy) is 1. The molecular weight excluding hydrogens is 422 g/mol. The van der Waals surface area contributed by atoms with Crippen LogP contribution in [0, 0.1) is 6.92 Å². The second-order valence-electron chi connectivity index (χ2n) is 6.32. The first-order valence-corrected chi connectivity index (χ1v) is 10.4. The molecule has 25 heavy (non-hydrogen) atoms. The van der Waals surface area contributed by atoms with Crippen LogP contribution in [0.25, 0.3) is 5.52 Å². The van der Waals surface area contributed by atoms with Crippen LogP contribution >= 0.6 is 38.9 Å². The third kappa shape index (κ3) is 3.33. The van der Waals surface area contributed by atoms with Gasteiger partial charge >= 0.3 is 0 Å². The molecule has 0 spiro atoms. The molecule has 1 atom stereocenters. The Bertz CT molecular complexity index is 888.